The fourth-order valence-corrected chi connectivity index (χ4v) is 2.56. The third-order valence-corrected chi connectivity index (χ3v) is 3.82. The van der Waals surface area contributed by atoms with Gasteiger partial charge in [-0.1, -0.05) is 19.4 Å². The molecule has 0 aromatic heterocycles. The molecule has 0 radical (unpaired) electrons. The van der Waals surface area contributed by atoms with E-state index in [9.17, 15) is 8.42 Å². The fraction of sp³-hybridized carbons (Fsp3) is 0.500. The van der Waals surface area contributed by atoms with E-state index < -0.39 is 10.1 Å². The molecule has 0 aliphatic rings. The summed E-state index contributed by atoms with van der Waals surface area (Å²) in [6, 6.07) is 3.22. The summed E-state index contributed by atoms with van der Waals surface area (Å²) in [7, 11) is -4.10. The van der Waals surface area contributed by atoms with Crippen molar-refractivity contribution in [3.8, 4) is 0 Å². The van der Waals surface area contributed by atoms with Crippen molar-refractivity contribution in [3.05, 3.63) is 28.8 Å². The summed E-state index contributed by atoms with van der Waals surface area (Å²) >= 11 is 0. The lowest BCUT2D eigenvalue weighted by atomic mass is 9.99. The summed E-state index contributed by atoms with van der Waals surface area (Å²) in [6.07, 6.45) is 2.62. The number of rotatable bonds is 4. The summed E-state index contributed by atoms with van der Waals surface area (Å²) < 4.78 is 31.6. The maximum Gasteiger partial charge on any atom is 0.294 e. The summed E-state index contributed by atoms with van der Waals surface area (Å²) in [4.78, 5) is 0.0593. The van der Waals surface area contributed by atoms with Gasteiger partial charge in [-0.15, -0.1) is 0 Å². The lowest BCUT2D eigenvalue weighted by Gasteiger charge is -2.12. The van der Waals surface area contributed by atoms with E-state index in [1.165, 1.54) is 6.07 Å². The van der Waals surface area contributed by atoms with Crippen LogP contribution in [0.5, 0.6) is 0 Å². The molecule has 0 heterocycles. The van der Waals surface area contributed by atoms with Crippen molar-refractivity contribution in [2.75, 3.05) is 0 Å². The van der Waals surface area contributed by atoms with E-state index in [0.717, 1.165) is 29.5 Å². The maximum absolute atomic E-state index is 11.2. The molecule has 1 N–H and O–H groups in total. The van der Waals surface area contributed by atoms with Crippen LogP contribution in [-0.4, -0.2) is 13.0 Å². The molecule has 1 rings (SSSR count). The van der Waals surface area contributed by atoms with Gasteiger partial charge in [0.1, 0.15) is 0 Å². The first kappa shape index (κ1) is 13.2. The van der Waals surface area contributed by atoms with E-state index in [4.69, 9.17) is 4.55 Å². The van der Waals surface area contributed by atoms with Crippen LogP contribution in [0.2, 0.25) is 0 Å². The van der Waals surface area contributed by atoms with Gasteiger partial charge in [0.2, 0.25) is 0 Å². The second-order valence-corrected chi connectivity index (χ2v) is 5.45. The van der Waals surface area contributed by atoms with E-state index >= 15 is 0 Å². The van der Waals surface area contributed by atoms with Crippen LogP contribution in [0.15, 0.2) is 17.0 Å². The Labute approximate surface area is 97.2 Å². The predicted octanol–water partition coefficient (Wildman–Crippen LogP) is 2.89. The smallest absolute Gasteiger partial charge is 0.282 e. The van der Waals surface area contributed by atoms with Crippen LogP contribution in [-0.2, 0) is 16.5 Å². The SMILES string of the molecule is CCCCc1c(S(=O)(=O)O)ccc(C)c1C. The average molecular weight is 242 g/mol. The molecule has 0 fully saturated rings. The molecule has 0 amide bonds. The second kappa shape index (κ2) is 4.97. The highest BCUT2D eigenvalue weighted by molar-refractivity contribution is 7.85. The Morgan fingerprint density at radius 1 is 1.25 bits per heavy atom. The van der Waals surface area contributed by atoms with E-state index in [1.54, 1.807) is 6.07 Å². The predicted molar refractivity (Wildman–Crippen MR) is 64.3 cm³/mol. The zero-order valence-electron chi connectivity index (χ0n) is 9.95. The molecular formula is C12H18O3S. The molecule has 0 saturated heterocycles. The van der Waals surface area contributed by atoms with Gasteiger partial charge in [0.15, 0.2) is 0 Å². The van der Waals surface area contributed by atoms with Crippen LogP contribution in [0.25, 0.3) is 0 Å². The molecule has 0 unspecified atom stereocenters. The zero-order chi connectivity index (χ0) is 12.3. The normalized spacial score (nSPS) is 11.8. The van der Waals surface area contributed by atoms with Crippen molar-refractivity contribution in [1.82, 2.24) is 0 Å². The molecule has 3 nitrogen and oxygen atoms in total. The van der Waals surface area contributed by atoms with Crippen molar-refractivity contribution in [2.45, 2.75) is 44.9 Å². The molecule has 1 aromatic rings. The standard InChI is InChI=1S/C12H18O3S/c1-4-5-6-11-10(3)9(2)7-8-12(11)16(13,14)15/h7-8H,4-6H2,1-3H3,(H,13,14,15). The highest BCUT2D eigenvalue weighted by Crippen LogP contribution is 2.24. The average Bonchev–Trinajstić information content (AvgIpc) is 2.18. The lowest BCUT2D eigenvalue weighted by Crippen LogP contribution is -2.06. The van der Waals surface area contributed by atoms with Gasteiger partial charge in [-0.3, -0.25) is 4.55 Å². The Kier molecular flexibility index (Phi) is 4.10. The quantitative estimate of drug-likeness (QED) is 0.826. The molecule has 0 bridgehead atoms. The molecule has 4 heteroatoms. The maximum atomic E-state index is 11.2. The van der Waals surface area contributed by atoms with E-state index in [2.05, 4.69) is 6.92 Å². The Morgan fingerprint density at radius 3 is 2.38 bits per heavy atom. The molecule has 90 valence electrons. The van der Waals surface area contributed by atoms with Crippen LogP contribution in [0.4, 0.5) is 0 Å². The van der Waals surface area contributed by atoms with Gasteiger partial charge in [-0.25, -0.2) is 0 Å². The highest BCUT2D eigenvalue weighted by atomic mass is 32.2. The first-order valence-corrected chi connectivity index (χ1v) is 6.88. The molecular weight excluding hydrogens is 224 g/mol. The van der Waals surface area contributed by atoms with Crippen LogP contribution in [0.1, 0.15) is 36.5 Å². The van der Waals surface area contributed by atoms with Gasteiger partial charge >= 0.3 is 0 Å². The van der Waals surface area contributed by atoms with Crippen LogP contribution in [0, 0.1) is 13.8 Å². The van der Waals surface area contributed by atoms with Crippen molar-refractivity contribution < 1.29 is 13.0 Å². The van der Waals surface area contributed by atoms with Gasteiger partial charge in [0.05, 0.1) is 4.90 Å². The number of unbranched alkanes of at least 4 members (excludes halogenated alkanes) is 1. The molecule has 1 aromatic carbocycles. The van der Waals surface area contributed by atoms with Crippen LogP contribution < -0.4 is 0 Å². The third kappa shape index (κ3) is 2.83. The largest absolute Gasteiger partial charge is 0.294 e. The molecule has 16 heavy (non-hydrogen) atoms. The zero-order valence-corrected chi connectivity index (χ0v) is 10.8. The number of hydrogen-bond acceptors (Lipinski definition) is 2. The number of benzene rings is 1. The fourth-order valence-electron chi connectivity index (χ4n) is 1.76. The van der Waals surface area contributed by atoms with Gasteiger partial charge < -0.3 is 0 Å². The minimum absolute atomic E-state index is 0.0593. The van der Waals surface area contributed by atoms with E-state index in [-0.39, 0.29) is 4.90 Å². The van der Waals surface area contributed by atoms with Crippen LogP contribution >= 0.6 is 0 Å². The van der Waals surface area contributed by atoms with Crippen molar-refractivity contribution in [2.24, 2.45) is 0 Å². The molecule has 0 atom stereocenters. The molecule has 0 aliphatic carbocycles. The third-order valence-electron chi connectivity index (χ3n) is 2.88. The number of hydrogen-bond donors (Lipinski definition) is 1. The highest BCUT2D eigenvalue weighted by Gasteiger charge is 2.17. The molecule has 0 spiro atoms. The molecule has 0 saturated carbocycles. The Bertz CT molecular complexity index is 475. The Morgan fingerprint density at radius 2 is 1.88 bits per heavy atom. The number of aryl methyl sites for hydroxylation is 1. The van der Waals surface area contributed by atoms with E-state index in [0.29, 0.717) is 6.42 Å². The first-order valence-electron chi connectivity index (χ1n) is 5.44. The Balaban J connectivity index is 3.33. The van der Waals surface area contributed by atoms with E-state index in [1.807, 2.05) is 13.8 Å². The summed E-state index contributed by atoms with van der Waals surface area (Å²) in [5, 5.41) is 0. The molecule has 0 aliphatic heterocycles. The van der Waals surface area contributed by atoms with Crippen molar-refractivity contribution >= 4 is 10.1 Å². The van der Waals surface area contributed by atoms with Gasteiger partial charge in [-0.05, 0) is 49.4 Å². The topological polar surface area (TPSA) is 54.4 Å². The van der Waals surface area contributed by atoms with Crippen molar-refractivity contribution in [3.63, 3.8) is 0 Å². The van der Waals surface area contributed by atoms with Gasteiger partial charge in [0, 0.05) is 0 Å². The lowest BCUT2D eigenvalue weighted by molar-refractivity contribution is 0.481. The van der Waals surface area contributed by atoms with Gasteiger partial charge in [-0.2, -0.15) is 8.42 Å². The summed E-state index contributed by atoms with van der Waals surface area (Å²) in [5.74, 6) is 0. The monoisotopic (exact) mass is 242 g/mol. The van der Waals surface area contributed by atoms with Crippen molar-refractivity contribution in [1.29, 1.82) is 0 Å². The summed E-state index contributed by atoms with van der Waals surface area (Å²) in [6.45, 7) is 5.89. The Hall–Kier alpha value is -0.870. The van der Waals surface area contributed by atoms with Crippen LogP contribution in [0.3, 0.4) is 0 Å². The second-order valence-electron chi connectivity index (χ2n) is 4.06. The van der Waals surface area contributed by atoms with Gasteiger partial charge in [0.25, 0.3) is 10.1 Å². The summed E-state index contributed by atoms with van der Waals surface area (Å²) in [5.41, 5.74) is 2.77. The minimum atomic E-state index is -4.10. The first-order chi connectivity index (χ1) is 7.38. The minimum Gasteiger partial charge on any atom is -0.282 e.